The van der Waals surface area contributed by atoms with Crippen LogP contribution >= 0.6 is 0 Å². The summed E-state index contributed by atoms with van der Waals surface area (Å²) in [4.78, 5) is 0. The molecule has 28 heavy (non-hydrogen) atoms. The van der Waals surface area contributed by atoms with Gasteiger partial charge < -0.3 is 10.4 Å². The maximum absolute atomic E-state index is 9.00. The van der Waals surface area contributed by atoms with Gasteiger partial charge in [-0.1, -0.05) is 20.3 Å². The topological polar surface area (TPSA) is 32.3 Å². The number of aliphatic hydroxyl groups excluding tert-OH is 1. The molecular weight excluding hydrogens is 342 g/mol. The molecular formula is C26H47NO. The van der Waals surface area contributed by atoms with Crippen LogP contribution in [0.4, 0.5) is 0 Å². The van der Waals surface area contributed by atoms with Crippen molar-refractivity contribution in [1.29, 1.82) is 0 Å². The maximum Gasteiger partial charge on any atom is 0.0431 e. The van der Waals surface area contributed by atoms with E-state index in [2.05, 4.69) is 26.1 Å². The van der Waals surface area contributed by atoms with Crippen molar-refractivity contribution in [2.75, 3.05) is 13.2 Å². The Morgan fingerprint density at radius 3 is 2.61 bits per heavy atom. The molecule has 0 aliphatic heterocycles. The fourth-order valence-corrected chi connectivity index (χ4v) is 8.54. The normalized spacial score (nSPS) is 46.5. The fourth-order valence-electron chi connectivity index (χ4n) is 8.54. The molecule has 9 unspecified atom stereocenters. The summed E-state index contributed by atoms with van der Waals surface area (Å²) in [7, 11) is 0. The largest absolute Gasteiger partial charge is 0.396 e. The van der Waals surface area contributed by atoms with Crippen LogP contribution in [0, 0.1) is 46.8 Å². The molecule has 9 atom stereocenters. The number of rotatable bonds is 7. The van der Waals surface area contributed by atoms with E-state index in [0.29, 0.717) is 18.1 Å². The first-order valence-corrected chi connectivity index (χ1v) is 12.9. The van der Waals surface area contributed by atoms with Crippen molar-refractivity contribution in [1.82, 2.24) is 5.32 Å². The highest BCUT2D eigenvalue weighted by Gasteiger charge is 2.56. The molecule has 4 aliphatic carbocycles. The highest BCUT2D eigenvalue weighted by atomic mass is 16.2. The van der Waals surface area contributed by atoms with Crippen molar-refractivity contribution < 1.29 is 5.11 Å². The minimum absolute atomic E-state index is 0.346. The Kier molecular flexibility index (Phi) is 6.77. The Morgan fingerprint density at radius 1 is 0.964 bits per heavy atom. The summed E-state index contributed by atoms with van der Waals surface area (Å²) in [5, 5.41) is 12.9. The van der Waals surface area contributed by atoms with Gasteiger partial charge in [0.05, 0.1) is 0 Å². The van der Waals surface area contributed by atoms with E-state index in [1.807, 2.05) is 0 Å². The standard InChI is InChI=1S/C26H47NO/c1-18-7-10-22-20(16-18)8-11-24-23(22)13-14-26(3)21(9-12-25(24)26)17-27-19(2)6-4-5-15-28/h18-25,27-28H,4-17H2,1-3H3. The zero-order chi connectivity index (χ0) is 19.7. The molecule has 0 aromatic carbocycles. The van der Waals surface area contributed by atoms with Gasteiger partial charge in [-0.15, -0.1) is 0 Å². The predicted molar refractivity (Wildman–Crippen MR) is 118 cm³/mol. The maximum atomic E-state index is 9.00. The van der Waals surface area contributed by atoms with Crippen molar-refractivity contribution >= 4 is 0 Å². The minimum atomic E-state index is 0.346. The van der Waals surface area contributed by atoms with Crippen LogP contribution in [0.3, 0.4) is 0 Å². The van der Waals surface area contributed by atoms with Gasteiger partial charge in [-0.25, -0.2) is 0 Å². The van der Waals surface area contributed by atoms with Gasteiger partial charge in [0.25, 0.3) is 0 Å². The van der Waals surface area contributed by atoms with E-state index >= 15 is 0 Å². The first-order valence-electron chi connectivity index (χ1n) is 12.9. The molecule has 0 aromatic rings. The molecule has 0 saturated heterocycles. The molecule has 2 heteroatoms. The third-order valence-corrected chi connectivity index (χ3v) is 10.2. The lowest BCUT2D eigenvalue weighted by atomic mass is 9.49. The van der Waals surface area contributed by atoms with Gasteiger partial charge >= 0.3 is 0 Å². The molecule has 0 radical (unpaired) electrons. The fraction of sp³-hybridized carbons (Fsp3) is 1.00. The number of unbranched alkanes of at least 4 members (excludes halogenated alkanes) is 1. The number of hydrogen-bond donors (Lipinski definition) is 2. The monoisotopic (exact) mass is 389 g/mol. The Morgan fingerprint density at radius 2 is 1.79 bits per heavy atom. The zero-order valence-corrected chi connectivity index (χ0v) is 19.0. The van der Waals surface area contributed by atoms with E-state index in [-0.39, 0.29) is 0 Å². The van der Waals surface area contributed by atoms with E-state index in [9.17, 15) is 0 Å². The Hall–Kier alpha value is -0.0800. The van der Waals surface area contributed by atoms with Gasteiger partial charge in [0, 0.05) is 12.6 Å². The van der Waals surface area contributed by atoms with E-state index in [0.717, 1.165) is 54.3 Å². The first kappa shape index (κ1) is 21.2. The molecule has 0 amide bonds. The predicted octanol–water partition coefficient (Wildman–Crippen LogP) is 6.03. The van der Waals surface area contributed by atoms with Gasteiger partial charge in [0.15, 0.2) is 0 Å². The summed E-state index contributed by atoms with van der Waals surface area (Å²) in [6, 6.07) is 0.602. The second-order valence-corrected chi connectivity index (χ2v) is 11.7. The lowest BCUT2D eigenvalue weighted by Crippen LogP contribution is -2.49. The summed E-state index contributed by atoms with van der Waals surface area (Å²) in [5.74, 6) is 7.20. The van der Waals surface area contributed by atoms with Crippen LogP contribution in [0.1, 0.15) is 97.8 Å². The van der Waals surface area contributed by atoms with E-state index in [1.165, 1.54) is 51.5 Å². The molecule has 162 valence electrons. The number of nitrogens with one attached hydrogen (secondary N) is 1. The molecule has 4 aliphatic rings. The highest BCUT2D eigenvalue weighted by molar-refractivity contribution is 5.06. The van der Waals surface area contributed by atoms with Crippen molar-refractivity contribution in [3.8, 4) is 0 Å². The first-order chi connectivity index (χ1) is 13.5. The smallest absolute Gasteiger partial charge is 0.0431 e. The van der Waals surface area contributed by atoms with Crippen LogP contribution in [0.25, 0.3) is 0 Å². The van der Waals surface area contributed by atoms with Crippen LogP contribution in [0.2, 0.25) is 0 Å². The molecule has 4 rings (SSSR count). The van der Waals surface area contributed by atoms with Crippen LogP contribution in [0.5, 0.6) is 0 Å². The summed E-state index contributed by atoms with van der Waals surface area (Å²) >= 11 is 0. The van der Waals surface area contributed by atoms with E-state index < -0.39 is 0 Å². The number of aliphatic hydroxyl groups is 1. The van der Waals surface area contributed by atoms with Crippen molar-refractivity contribution in [3.63, 3.8) is 0 Å². The van der Waals surface area contributed by atoms with Gasteiger partial charge in [-0.2, -0.15) is 0 Å². The molecule has 0 heterocycles. The minimum Gasteiger partial charge on any atom is -0.396 e. The SMILES string of the molecule is CC1CCC2C(CCC3C2CCC2(C)C(CNC(C)CCCCO)CCC32)C1. The van der Waals surface area contributed by atoms with Gasteiger partial charge in [0.2, 0.25) is 0 Å². The second-order valence-electron chi connectivity index (χ2n) is 11.7. The third kappa shape index (κ3) is 4.07. The summed E-state index contributed by atoms with van der Waals surface area (Å²) in [6.07, 6.45) is 17.0. The molecule has 0 bridgehead atoms. The van der Waals surface area contributed by atoms with Gasteiger partial charge in [0.1, 0.15) is 0 Å². The average Bonchev–Trinajstić information content (AvgIpc) is 3.02. The van der Waals surface area contributed by atoms with Crippen LogP contribution in [-0.4, -0.2) is 24.3 Å². The van der Waals surface area contributed by atoms with Crippen molar-refractivity contribution in [2.24, 2.45) is 46.8 Å². The molecule has 0 spiro atoms. The quantitative estimate of drug-likeness (QED) is 0.521. The van der Waals surface area contributed by atoms with Gasteiger partial charge in [-0.3, -0.25) is 0 Å². The van der Waals surface area contributed by atoms with Crippen molar-refractivity contribution in [3.05, 3.63) is 0 Å². The van der Waals surface area contributed by atoms with Crippen LogP contribution < -0.4 is 5.32 Å². The lowest BCUT2D eigenvalue weighted by Gasteiger charge is -2.56. The number of fused-ring (bicyclic) bond motifs is 5. The Labute approximate surface area is 174 Å². The van der Waals surface area contributed by atoms with Crippen molar-refractivity contribution in [2.45, 2.75) is 104 Å². The van der Waals surface area contributed by atoms with E-state index in [1.54, 1.807) is 19.3 Å². The third-order valence-electron chi connectivity index (χ3n) is 10.2. The Bertz CT molecular complexity index is 507. The molecule has 2 nitrogen and oxygen atoms in total. The average molecular weight is 390 g/mol. The van der Waals surface area contributed by atoms with Gasteiger partial charge in [-0.05, 0) is 131 Å². The highest BCUT2D eigenvalue weighted by Crippen LogP contribution is 2.64. The number of hydrogen-bond acceptors (Lipinski definition) is 2. The molecule has 4 fully saturated rings. The lowest BCUT2D eigenvalue weighted by molar-refractivity contribution is -0.0669. The summed E-state index contributed by atoms with van der Waals surface area (Å²) in [6.45, 7) is 9.10. The molecule has 4 saturated carbocycles. The zero-order valence-electron chi connectivity index (χ0n) is 19.0. The Balaban J connectivity index is 1.34. The summed E-state index contributed by atoms with van der Waals surface area (Å²) < 4.78 is 0. The van der Waals surface area contributed by atoms with Crippen LogP contribution in [-0.2, 0) is 0 Å². The second kappa shape index (κ2) is 8.96. The molecule has 0 aromatic heterocycles. The summed E-state index contributed by atoms with van der Waals surface area (Å²) in [5.41, 5.74) is 0.605. The molecule has 2 N–H and O–H groups in total. The van der Waals surface area contributed by atoms with Crippen LogP contribution in [0.15, 0.2) is 0 Å². The van der Waals surface area contributed by atoms with E-state index in [4.69, 9.17) is 5.11 Å².